The number of aryl methyl sites for hydroxylation is 1. The number of fused-ring (bicyclic) bond motifs is 3. The molecule has 0 atom stereocenters. The van der Waals surface area contributed by atoms with Gasteiger partial charge in [0.15, 0.2) is 5.69 Å². The maximum absolute atomic E-state index is 13.6. The van der Waals surface area contributed by atoms with Crippen molar-refractivity contribution in [3.05, 3.63) is 46.5 Å². The number of nitrogens with one attached hydrogen (secondary N) is 1. The summed E-state index contributed by atoms with van der Waals surface area (Å²) < 4.78 is 8.02. The summed E-state index contributed by atoms with van der Waals surface area (Å²) in [6, 6.07) is 4.46. The van der Waals surface area contributed by atoms with E-state index in [1.807, 2.05) is 11.9 Å². The molecule has 0 saturated heterocycles. The molecule has 0 bridgehead atoms. The van der Waals surface area contributed by atoms with E-state index in [-0.39, 0.29) is 11.4 Å². The lowest BCUT2D eigenvalue weighted by Crippen LogP contribution is -2.43. The fourth-order valence-electron chi connectivity index (χ4n) is 4.72. The van der Waals surface area contributed by atoms with Gasteiger partial charge >= 0.3 is 0 Å². The van der Waals surface area contributed by atoms with Crippen LogP contribution in [0.3, 0.4) is 0 Å². The van der Waals surface area contributed by atoms with Gasteiger partial charge < -0.3 is 15.0 Å². The molecule has 1 aromatic carbocycles. The summed E-state index contributed by atoms with van der Waals surface area (Å²) in [5.41, 5.74) is 6.16. The van der Waals surface area contributed by atoms with E-state index in [0.717, 1.165) is 61.7 Å². The minimum absolute atomic E-state index is 0.00796. The number of carbonyl (C=O) groups excluding carboxylic acids is 1. The lowest BCUT2D eigenvalue weighted by molar-refractivity contribution is 0.0649. The quantitative estimate of drug-likeness (QED) is 0.732. The van der Waals surface area contributed by atoms with E-state index < -0.39 is 0 Å². The maximum Gasteiger partial charge on any atom is 0.274 e. The van der Waals surface area contributed by atoms with E-state index in [1.165, 1.54) is 16.7 Å². The molecule has 0 radical (unpaired) electrons. The van der Waals surface area contributed by atoms with Crippen molar-refractivity contribution in [2.24, 2.45) is 5.92 Å². The molecule has 1 aromatic heterocycles. The molecule has 0 fully saturated rings. The highest BCUT2D eigenvalue weighted by Gasteiger charge is 2.33. The second kappa shape index (κ2) is 8.98. The molecule has 1 amide bonds. The van der Waals surface area contributed by atoms with E-state index in [4.69, 9.17) is 9.72 Å². The first-order chi connectivity index (χ1) is 15.6. The Morgan fingerprint density at radius 1 is 1.24 bits per heavy atom. The number of imidazole rings is 1. The minimum Gasteiger partial charge on any atom is -0.496 e. The van der Waals surface area contributed by atoms with Gasteiger partial charge in [-0.1, -0.05) is 19.9 Å². The summed E-state index contributed by atoms with van der Waals surface area (Å²) in [5.74, 6) is 2.38. The van der Waals surface area contributed by atoms with Crippen LogP contribution in [0, 0.1) is 5.92 Å². The van der Waals surface area contributed by atoms with Crippen molar-refractivity contribution in [3.8, 4) is 11.4 Å². The van der Waals surface area contributed by atoms with Crippen LogP contribution < -0.4 is 10.1 Å². The molecule has 0 aliphatic carbocycles. The lowest BCUT2D eigenvalue weighted by Gasteiger charge is -2.32. The third-order valence-corrected chi connectivity index (χ3v) is 6.82. The number of aromatic nitrogens is 2. The van der Waals surface area contributed by atoms with Crippen LogP contribution in [-0.4, -0.2) is 53.1 Å². The van der Waals surface area contributed by atoms with Crippen LogP contribution in [0.25, 0.3) is 11.3 Å². The predicted octanol–water partition coefficient (Wildman–Crippen LogP) is 4.43. The molecule has 2 aliphatic heterocycles. The van der Waals surface area contributed by atoms with Crippen molar-refractivity contribution in [3.63, 3.8) is 0 Å². The Kier molecular flexibility index (Phi) is 6.41. The summed E-state index contributed by atoms with van der Waals surface area (Å²) in [6.07, 6.45) is 5.73. The van der Waals surface area contributed by atoms with Crippen molar-refractivity contribution in [1.82, 2.24) is 19.8 Å². The summed E-state index contributed by atoms with van der Waals surface area (Å²) in [6.45, 7) is 12.4. The molecular weight excluding hydrogens is 412 g/mol. The Morgan fingerprint density at radius 2 is 2.00 bits per heavy atom. The molecule has 3 heterocycles. The minimum atomic E-state index is -0.272. The highest BCUT2D eigenvalue weighted by Crippen LogP contribution is 2.37. The average Bonchev–Trinajstić information content (AvgIpc) is 3.17. The average molecular weight is 451 g/mol. The number of benzene rings is 1. The topological polar surface area (TPSA) is 59.4 Å². The number of rotatable bonds is 5. The normalized spacial score (nSPS) is 15.7. The zero-order chi connectivity index (χ0) is 23.9. The van der Waals surface area contributed by atoms with Crippen LogP contribution in [-0.2, 0) is 19.3 Å². The number of methoxy groups -OCH3 is 1. The molecule has 4 rings (SSSR count). The SMILES string of the molecule is COc1cc2c(cc1CC(C)C)-n1c(C3=CCNCC3)nc(C(=O)N(C)C(C)(C)C)c1CC2. The molecular formula is C27H38N4O2. The summed E-state index contributed by atoms with van der Waals surface area (Å²) in [4.78, 5) is 20.4. The number of carbonyl (C=O) groups is 1. The first kappa shape index (κ1) is 23.6. The van der Waals surface area contributed by atoms with Gasteiger partial charge in [0.2, 0.25) is 0 Å². The fourth-order valence-corrected chi connectivity index (χ4v) is 4.72. The molecule has 0 saturated carbocycles. The number of nitrogens with zero attached hydrogens (tertiary/aromatic N) is 3. The fraction of sp³-hybridized carbons (Fsp3) is 0.556. The zero-order valence-corrected chi connectivity index (χ0v) is 21.2. The van der Waals surface area contributed by atoms with E-state index in [9.17, 15) is 4.79 Å². The standard InChI is InChI=1S/C27H38N4O2/c1-17(2)14-20-15-22-19(16-23(20)33-7)8-9-21-24(26(32)30(6)27(3,4)5)29-25(31(21)22)18-10-12-28-13-11-18/h10,15-17,28H,8-9,11-14H2,1-7H3. The highest BCUT2D eigenvalue weighted by molar-refractivity contribution is 5.95. The number of ether oxygens (including phenoxy) is 1. The monoisotopic (exact) mass is 450 g/mol. The molecule has 178 valence electrons. The van der Waals surface area contributed by atoms with Gasteiger partial charge in [0.05, 0.1) is 18.5 Å². The summed E-state index contributed by atoms with van der Waals surface area (Å²) in [7, 11) is 3.63. The molecule has 0 unspecified atom stereocenters. The Labute approximate surface area is 198 Å². The van der Waals surface area contributed by atoms with Crippen molar-refractivity contribution in [2.75, 3.05) is 27.2 Å². The van der Waals surface area contributed by atoms with Gasteiger partial charge in [-0.05, 0) is 87.7 Å². The van der Waals surface area contributed by atoms with E-state index in [0.29, 0.717) is 11.6 Å². The molecule has 6 nitrogen and oxygen atoms in total. The second-order valence-corrected chi connectivity index (χ2v) is 10.7. The number of hydrogen-bond donors (Lipinski definition) is 1. The van der Waals surface area contributed by atoms with Gasteiger partial charge in [0.25, 0.3) is 5.91 Å². The first-order valence-electron chi connectivity index (χ1n) is 12.1. The largest absolute Gasteiger partial charge is 0.496 e. The molecule has 2 aliphatic rings. The van der Waals surface area contributed by atoms with Crippen molar-refractivity contribution >= 4 is 11.5 Å². The van der Waals surface area contributed by atoms with Crippen molar-refractivity contribution in [1.29, 1.82) is 0 Å². The predicted molar refractivity (Wildman–Crippen MR) is 133 cm³/mol. The van der Waals surface area contributed by atoms with Gasteiger partial charge in [-0.25, -0.2) is 4.98 Å². The number of amides is 1. The van der Waals surface area contributed by atoms with Crippen LogP contribution in [0.4, 0.5) is 0 Å². The smallest absolute Gasteiger partial charge is 0.274 e. The Hall–Kier alpha value is -2.60. The van der Waals surface area contributed by atoms with Gasteiger partial charge in [-0.3, -0.25) is 9.36 Å². The molecule has 0 spiro atoms. The van der Waals surface area contributed by atoms with Crippen LogP contribution in [0.15, 0.2) is 18.2 Å². The molecule has 33 heavy (non-hydrogen) atoms. The molecule has 1 N–H and O–H groups in total. The van der Waals surface area contributed by atoms with Crippen LogP contribution >= 0.6 is 0 Å². The Morgan fingerprint density at radius 3 is 2.61 bits per heavy atom. The lowest BCUT2D eigenvalue weighted by atomic mass is 9.94. The van der Waals surface area contributed by atoms with E-state index >= 15 is 0 Å². The third-order valence-electron chi connectivity index (χ3n) is 6.82. The van der Waals surface area contributed by atoms with E-state index in [2.05, 4.69) is 62.7 Å². The summed E-state index contributed by atoms with van der Waals surface area (Å²) in [5, 5.41) is 3.39. The van der Waals surface area contributed by atoms with E-state index in [1.54, 1.807) is 7.11 Å². The Balaban J connectivity index is 1.92. The Bertz CT molecular complexity index is 1090. The second-order valence-electron chi connectivity index (χ2n) is 10.7. The van der Waals surface area contributed by atoms with Crippen LogP contribution in [0.2, 0.25) is 0 Å². The zero-order valence-electron chi connectivity index (χ0n) is 21.2. The summed E-state index contributed by atoms with van der Waals surface area (Å²) >= 11 is 0. The van der Waals surface area contributed by atoms with Crippen molar-refractivity contribution < 1.29 is 9.53 Å². The van der Waals surface area contributed by atoms with Crippen molar-refractivity contribution in [2.45, 2.75) is 65.8 Å². The van der Waals surface area contributed by atoms with Gasteiger partial charge in [-0.2, -0.15) is 0 Å². The van der Waals surface area contributed by atoms with Crippen LogP contribution in [0.5, 0.6) is 5.75 Å². The van der Waals surface area contributed by atoms with Gasteiger partial charge in [0.1, 0.15) is 11.6 Å². The molecule has 6 heteroatoms. The third kappa shape index (κ3) is 4.45. The van der Waals surface area contributed by atoms with Gasteiger partial charge in [0, 0.05) is 19.1 Å². The molecule has 2 aromatic rings. The first-order valence-corrected chi connectivity index (χ1v) is 12.1. The van der Waals surface area contributed by atoms with Gasteiger partial charge in [-0.15, -0.1) is 0 Å². The van der Waals surface area contributed by atoms with Crippen LogP contribution in [0.1, 0.15) is 74.2 Å². The highest BCUT2D eigenvalue weighted by atomic mass is 16.5. The number of hydrogen-bond acceptors (Lipinski definition) is 4. The maximum atomic E-state index is 13.6.